The summed E-state index contributed by atoms with van der Waals surface area (Å²) in [6.45, 7) is 6.07. The van der Waals surface area contributed by atoms with E-state index in [4.69, 9.17) is 0 Å². The molecule has 0 aromatic heterocycles. The van der Waals surface area contributed by atoms with Gasteiger partial charge in [0.25, 0.3) is 0 Å². The van der Waals surface area contributed by atoms with E-state index in [1.54, 1.807) is 0 Å². The summed E-state index contributed by atoms with van der Waals surface area (Å²) < 4.78 is 0. The minimum Gasteiger partial charge on any atom is -0.316 e. The van der Waals surface area contributed by atoms with Gasteiger partial charge in [-0.25, -0.2) is 0 Å². The Morgan fingerprint density at radius 3 is 2.47 bits per heavy atom. The van der Waals surface area contributed by atoms with Crippen molar-refractivity contribution in [3.63, 3.8) is 0 Å². The van der Waals surface area contributed by atoms with Crippen LogP contribution in [0.2, 0.25) is 0 Å². The molecule has 0 radical (unpaired) electrons. The third-order valence-electron chi connectivity index (χ3n) is 4.60. The molecule has 0 spiro atoms. The zero-order chi connectivity index (χ0) is 12.9. The molecule has 3 rings (SSSR count). The lowest BCUT2D eigenvalue weighted by Crippen LogP contribution is -2.29. The highest BCUT2D eigenvalue weighted by Gasteiger charge is 2.15. The smallest absolute Gasteiger partial charge is 0.0233 e. The molecule has 1 N–H and O–H groups in total. The van der Waals surface area contributed by atoms with Crippen molar-refractivity contribution in [2.75, 3.05) is 26.2 Å². The number of hydrogen-bond donors (Lipinski definition) is 1. The van der Waals surface area contributed by atoms with Crippen LogP contribution in [-0.4, -0.2) is 31.1 Å². The fourth-order valence-electron chi connectivity index (χ4n) is 3.41. The highest BCUT2D eigenvalue weighted by Crippen LogP contribution is 2.23. The number of hydrogen-bond acceptors (Lipinski definition) is 2. The highest BCUT2D eigenvalue weighted by molar-refractivity contribution is 5.26. The molecule has 0 bridgehead atoms. The molecule has 1 atom stereocenters. The van der Waals surface area contributed by atoms with Crippen molar-refractivity contribution in [1.82, 2.24) is 10.2 Å². The summed E-state index contributed by atoms with van der Waals surface area (Å²) in [5.41, 5.74) is 3.00. The Morgan fingerprint density at radius 2 is 1.79 bits per heavy atom. The van der Waals surface area contributed by atoms with Crippen molar-refractivity contribution in [2.24, 2.45) is 0 Å². The predicted molar refractivity (Wildman–Crippen MR) is 80.4 cm³/mol. The minimum absolute atomic E-state index is 0.734. The van der Waals surface area contributed by atoms with Gasteiger partial charge in [-0.1, -0.05) is 30.7 Å². The zero-order valence-electron chi connectivity index (χ0n) is 11.9. The number of benzene rings is 1. The van der Waals surface area contributed by atoms with Crippen LogP contribution in [0.1, 0.15) is 49.1 Å². The SMILES string of the molecule is c1cc(C2CCCNC2)ccc1CN1CCCCC1. The maximum Gasteiger partial charge on any atom is 0.0233 e. The lowest BCUT2D eigenvalue weighted by molar-refractivity contribution is 0.221. The van der Waals surface area contributed by atoms with Gasteiger partial charge < -0.3 is 5.32 Å². The first-order valence-corrected chi connectivity index (χ1v) is 7.94. The van der Waals surface area contributed by atoms with E-state index < -0.39 is 0 Å². The number of nitrogens with zero attached hydrogens (tertiary/aromatic N) is 1. The van der Waals surface area contributed by atoms with Gasteiger partial charge in [0.1, 0.15) is 0 Å². The van der Waals surface area contributed by atoms with Crippen LogP contribution in [0, 0.1) is 0 Å². The molecular weight excluding hydrogens is 232 g/mol. The number of rotatable bonds is 3. The van der Waals surface area contributed by atoms with Crippen LogP contribution in [-0.2, 0) is 6.54 Å². The van der Waals surface area contributed by atoms with Crippen LogP contribution in [0.5, 0.6) is 0 Å². The predicted octanol–water partition coefficient (Wildman–Crippen LogP) is 3.14. The molecule has 2 heteroatoms. The van der Waals surface area contributed by atoms with E-state index in [2.05, 4.69) is 34.5 Å². The maximum absolute atomic E-state index is 3.51. The van der Waals surface area contributed by atoms with Crippen molar-refractivity contribution in [3.8, 4) is 0 Å². The topological polar surface area (TPSA) is 15.3 Å². The summed E-state index contributed by atoms with van der Waals surface area (Å²) in [6.07, 6.45) is 6.85. The Kier molecular flexibility index (Phi) is 4.52. The molecule has 0 aliphatic carbocycles. The zero-order valence-corrected chi connectivity index (χ0v) is 11.9. The molecule has 0 amide bonds. The van der Waals surface area contributed by atoms with Gasteiger partial charge in [-0.05, 0) is 62.4 Å². The lowest BCUT2D eigenvalue weighted by Gasteiger charge is -2.27. The largest absolute Gasteiger partial charge is 0.316 e. The van der Waals surface area contributed by atoms with Gasteiger partial charge in [0.15, 0.2) is 0 Å². The molecule has 1 unspecified atom stereocenters. The second-order valence-electron chi connectivity index (χ2n) is 6.12. The molecule has 2 aliphatic rings. The van der Waals surface area contributed by atoms with Gasteiger partial charge >= 0.3 is 0 Å². The molecule has 2 fully saturated rings. The van der Waals surface area contributed by atoms with E-state index >= 15 is 0 Å². The van der Waals surface area contributed by atoms with Crippen molar-refractivity contribution < 1.29 is 0 Å². The Bertz CT molecular complexity index is 373. The fourth-order valence-corrected chi connectivity index (χ4v) is 3.41. The molecule has 2 heterocycles. The van der Waals surface area contributed by atoms with Crippen molar-refractivity contribution >= 4 is 0 Å². The second-order valence-corrected chi connectivity index (χ2v) is 6.12. The van der Waals surface area contributed by atoms with Crippen LogP contribution in [0.25, 0.3) is 0 Å². The Morgan fingerprint density at radius 1 is 1.00 bits per heavy atom. The van der Waals surface area contributed by atoms with E-state index in [0.29, 0.717) is 0 Å². The summed E-state index contributed by atoms with van der Waals surface area (Å²) in [4.78, 5) is 2.60. The molecule has 1 aromatic carbocycles. The van der Waals surface area contributed by atoms with Crippen molar-refractivity contribution in [3.05, 3.63) is 35.4 Å². The maximum atomic E-state index is 3.51. The minimum atomic E-state index is 0.734. The summed E-state index contributed by atoms with van der Waals surface area (Å²) >= 11 is 0. The standard InChI is InChI=1S/C17H26N2/c1-2-11-19(12-3-1)14-15-6-8-16(9-7-15)17-5-4-10-18-13-17/h6-9,17-18H,1-5,10-14H2. The monoisotopic (exact) mass is 258 g/mol. The second kappa shape index (κ2) is 6.53. The van der Waals surface area contributed by atoms with Gasteiger partial charge in [0, 0.05) is 13.1 Å². The first kappa shape index (κ1) is 13.1. The Labute approximate surface area is 117 Å². The van der Waals surface area contributed by atoms with E-state index in [9.17, 15) is 0 Å². The number of piperidine rings is 2. The van der Waals surface area contributed by atoms with Crippen molar-refractivity contribution in [1.29, 1.82) is 0 Å². The van der Waals surface area contributed by atoms with Gasteiger partial charge in [0.05, 0.1) is 0 Å². The first-order valence-electron chi connectivity index (χ1n) is 7.94. The van der Waals surface area contributed by atoms with Crippen LogP contribution >= 0.6 is 0 Å². The fraction of sp³-hybridized carbons (Fsp3) is 0.647. The molecule has 0 saturated carbocycles. The normalized spacial score (nSPS) is 25.4. The molecule has 2 saturated heterocycles. The average Bonchev–Trinajstić information content (AvgIpc) is 2.50. The van der Waals surface area contributed by atoms with Gasteiger partial charge in [-0.15, -0.1) is 0 Å². The molecule has 104 valence electrons. The average molecular weight is 258 g/mol. The van der Waals surface area contributed by atoms with E-state index in [1.165, 1.54) is 62.9 Å². The quantitative estimate of drug-likeness (QED) is 0.896. The van der Waals surface area contributed by atoms with E-state index in [0.717, 1.165) is 19.0 Å². The third kappa shape index (κ3) is 3.58. The first-order chi connectivity index (χ1) is 9.42. The summed E-state index contributed by atoms with van der Waals surface area (Å²) in [7, 11) is 0. The van der Waals surface area contributed by atoms with Crippen molar-refractivity contribution in [2.45, 2.75) is 44.6 Å². The van der Waals surface area contributed by atoms with Gasteiger partial charge in [-0.2, -0.15) is 0 Å². The van der Waals surface area contributed by atoms with Gasteiger partial charge in [0.2, 0.25) is 0 Å². The van der Waals surface area contributed by atoms with E-state index in [1.807, 2.05) is 0 Å². The highest BCUT2D eigenvalue weighted by atomic mass is 15.1. The number of likely N-dealkylation sites (tertiary alicyclic amines) is 1. The molecule has 2 aliphatic heterocycles. The summed E-state index contributed by atoms with van der Waals surface area (Å²) in [6, 6.07) is 9.41. The Balaban J connectivity index is 1.58. The lowest BCUT2D eigenvalue weighted by atomic mass is 9.91. The van der Waals surface area contributed by atoms with Crippen LogP contribution in [0.15, 0.2) is 24.3 Å². The van der Waals surface area contributed by atoms with Crippen LogP contribution in [0.3, 0.4) is 0 Å². The van der Waals surface area contributed by atoms with Crippen LogP contribution in [0.4, 0.5) is 0 Å². The number of nitrogens with one attached hydrogen (secondary N) is 1. The Hall–Kier alpha value is -0.860. The summed E-state index contributed by atoms with van der Waals surface area (Å²) in [5.74, 6) is 0.734. The molecule has 2 nitrogen and oxygen atoms in total. The summed E-state index contributed by atoms with van der Waals surface area (Å²) in [5, 5.41) is 3.51. The van der Waals surface area contributed by atoms with Gasteiger partial charge in [-0.3, -0.25) is 4.90 Å². The molecule has 19 heavy (non-hydrogen) atoms. The van der Waals surface area contributed by atoms with Crippen LogP contribution < -0.4 is 5.32 Å². The molecule has 1 aromatic rings. The van der Waals surface area contributed by atoms with E-state index in [-0.39, 0.29) is 0 Å². The molecular formula is C17H26N2. The third-order valence-corrected chi connectivity index (χ3v) is 4.60.